The van der Waals surface area contributed by atoms with Crippen molar-refractivity contribution in [2.45, 2.75) is 19.4 Å². The zero-order valence-electron chi connectivity index (χ0n) is 10.7. The van der Waals surface area contributed by atoms with Crippen LogP contribution in [0.15, 0.2) is 47.8 Å². The Labute approximate surface area is 116 Å². The lowest BCUT2D eigenvalue weighted by molar-refractivity contribution is 0.178. The molecule has 0 aliphatic carbocycles. The second-order valence-corrected chi connectivity index (χ2v) is 5.65. The fourth-order valence-corrected chi connectivity index (χ4v) is 3.00. The van der Waals surface area contributed by atoms with Crippen molar-refractivity contribution in [2.24, 2.45) is 0 Å². The lowest BCUT2D eigenvalue weighted by atomic mass is 10.0. The molecule has 2 nitrogen and oxygen atoms in total. The van der Waals surface area contributed by atoms with Gasteiger partial charge in [0.05, 0.1) is 11.1 Å². The minimum atomic E-state index is -0.491. The molecule has 3 heteroatoms. The normalized spacial score (nSPS) is 12.7. The molecule has 0 bridgehead atoms. The van der Waals surface area contributed by atoms with Crippen LogP contribution in [0.5, 0.6) is 0 Å². The zero-order valence-corrected chi connectivity index (χ0v) is 11.5. The third-order valence-electron chi connectivity index (χ3n) is 3.19. The summed E-state index contributed by atoms with van der Waals surface area (Å²) in [6.45, 7) is 1.97. The van der Waals surface area contributed by atoms with Crippen molar-refractivity contribution in [3.05, 3.63) is 64.1 Å². The van der Waals surface area contributed by atoms with Crippen LogP contribution in [-0.2, 0) is 6.42 Å². The van der Waals surface area contributed by atoms with Crippen LogP contribution >= 0.6 is 11.3 Å². The maximum Gasteiger partial charge on any atom is 0.0957 e. The summed E-state index contributed by atoms with van der Waals surface area (Å²) in [5, 5.41) is 15.7. The highest BCUT2D eigenvalue weighted by atomic mass is 32.1. The molecule has 1 N–H and O–H groups in total. The molecule has 0 amide bonds. The van der Waals surface area contributed by atoms with E-state index < -0.39 is 6.10 Å². The molecule has 0 radical (unpaired) electrons. The Morgan fingerprint density at radius 2 is 1.95 bits per heavy atom. The smallest absolute Gasteiger partial charge is 0.0957 e. The second-order valence-electron chi connectivity index (χ2n) is 4.71. The number of nitrogens with zero attached hydrogens (tertiary/aromatic N) is 1. The monoisotopic (exact) mass is 269 g/mol. The van der Waals surface area contributed by atoms with Crippen LogP contribution in [0.2, 0.25) is 0 Å². The molecule has 0 saturated carbocycles. The molecule has 2 aromatic carbocycles. The molecule has 1 heterocycles. The van der Waals surface area contributed by atoms with Crippen LogP contribution in [0.3, 0.4) is 0 Å². The average molecular weight is 269 g/mol. The van der Waals surface area contributed by atoms with Crippen molar-refractivity contribution in [3.8, 4) is 0 Å². The highest BCUT2D eigenvalue weighted by molar-refractivity contribution is 7.09. The number of fused-ring (bicyclic) bond motifs is 1. The van der Waals surface area contributed by atoms with Gasteiger partial charge in [0.2, 0.25) is 0 Å². The molecule has 3 rings (SSSR count). The molecule has 3 aromatic rings. The number of aliphatic hydroxyl groups excluding tert-OH is 1. The van der Waals surface area contributed by atoms with Gasteiger partial charge in [-0.25, -0.2) is 4.98 Å². The number of thiazole rings is 1. The fourth-order valence-electron chi connectivity index (χ4n) is 2.19. The van der Waals surface area contributed by atoms with Gasteiger partial charge >= 0.3 is 0 Å². The van der Waals surface area contributed by atoms with E-state index in [1.807, 2.05) is 30.5 Å². The number of aliphatic hydroxyl groups is 1. The summed E-state index contributed by atoms with van der Waals surface area (Å²) in [5.41, 5.74) is 1.97. The molecule has 1 aromatic heterocycles. The van der Waals surface area contributed by atoms with Gasteiger partial charge in [-0.1, -0.05) is 36.4 Å². The van der Waals surface area contributed by atoms with Gasteiger partial charge in [-0.3, -0.25) is 0 Å². The molecule has 1 unspecified atom stereocenters. The Hall–Kier alpha value is -1.71. The SMILES string of the molecule is Cc1csc(CC(O)c2ccc3ccccc3c2)n1. The van der Waals surface area contributed by atoms with Gasteiger partial charge in [0.25, 0.3) is 0 Å². The highest BCUT2D eigenvalue weighted by Gasteiger charge is 2.11. The summed E-state index contributed by atoms with van der Waals surface area (Å²) in [4.78, 5) is 4.40. The number of aromatic nitrogens is 1. The molecule has 0 aliphatic rings. The van der Waals surface area contributed by atoms with Crippen molar-refractivity contribution in [1.29, 1.82) is 0 Å². The maximum atomic E-state index is 10.3. The van der Waals surface area contributed by atoms with Gasteiger partial charge < -0.3 is 5.11 Å². The number of aryl methyl sites for hydroxylation is 1. The van der Waals surface area contributed by atoms with Crippen LogP contribution in [0, 0.1) is 6.92 Å². The van der Waals surface area contributed by atoms with Crippen LogP contribution in [-0.4, -0.2) is 10.1 Å². The summed E-state index contributed by atoms with van der Waals surface area (Å²) < 4.78 is 0. The first-order valence-electron chi connectivity index (χ1n) is 6.30. The number of rotatable bonds is 3. The molecule has 19 heavy (non-hydrogen) atoms. The first-order chi connectivity index (χ1) is 9.22. The van der Waals surface area contributed by atoms with E-state index in [1.54, 1.807) is 11.3 Å². The standard InChI is InChI=1S/C16H15NOS/c1-11-10-19-16(17-11)9-15(18)14-7-6-12-4-2-3-5-13(12)8-14/h2-8,10,15,18H,9H2,1H3. The summed E-state index contributed by atoms with van der Waals surface area (Å²) >= 11 is 1.61. The van der Waals surface area contributed by atoms with Crippen molar-refractivity contribution in [2.75, 3.05) is 0 Å². The summed E-state index contributed by atoms with van der Waals surface area (Å²) in [7, 11) is 0. The maximum absolute atomic E-state index is 10.3. The van der Waals surface area contributed by atoms with E-state index in [0.717, 1.165) is 21.7 Å². The van der Waals surface area contributed by atoms with E-state index in [0.29, 0.717) is 6.42 Å². The number of hydrogen-bond acceptors (Lipinski definition) is 3. The van der Waals surface area contributed by atoms with E-state index in [-0.39, 0.29) is 0 Å². The van der Waals surface area contributed by atoms with E-state index >= 15 is 0 Å². The second kappa shape index (κ2) is 5.11. The Balaban J connectivity index is 1.86. The molecule has 0 saturated heterocycles. The van der Waals surface area contributed by atoms with E-state index in [2.05, 4.69) is 29.2 Å². The molecular weight excluding hydrogens is 254 g/mol. The van der Waals surface area contributed by atoms with Crippen molar-refractivity contribution < 1.29 is 5.11 Å². The lowest BCUT2D eigenvalue weighted by Gasteiger charge is -2.10. The van der Waals surface area contributed by atoms with Crippen molar-refractivity contribution in [1.82, 2.24) is 4.98 Å². The van der Waals surface area contributed by atoms with Crippen molar-refractivity contribution in [3.63, 3.8) is 0 Å². The Morgan fingerprint density at radius 3 is 2.68 bits per heavy atom. The van der Waals surface area contributed by atoms with Gasteiger partial charge in [0.15, 0.2) is 0 Å². The Kier molecular flexibility index (Phi) is 3.32. The molecule has 0 aliphatic heterocycles. The third-order valence-corrected chi connectivity index (χ3v) is 4.18. The van der Waals surface area contributed by atoms with E-state index in [9.17, 15) is 5.11 Å². The summed E-state index contributed by atoms with van der Waals surface area (Å²) in [6, 6.07) is 14.3. The minimum absolute atomic E-state index is 0.491. The highest BCUT2D eigenvalue weighted by Crippen LogP contribution is 2.24. The number of benzene rings is 2. The van der Waals surface area contributed by atoms with Gasteiger partial charge in [0.1, 0.15) is 0 Å². The van der Waals surface area contributed by atoms with Crippen LogP contribution < -0.4 is 0 Å². The molecular formula is C16H15NOS. The topological polar surface area (TPSA) is 33.1 Å². The number of hydrogen-bond donors (Lipinski definition) is 1. The molecule has 0 fully saturated rings. The summed E-state index contributed by atoms with van der Waals surface area (Å²) in [5.74, 6) is 0. The molecule has 0 spiro atoms. The predicted octanol–water partition coefficient (Wildman–Crippen LogP) is 3.88. The predicted molar refractivity (Wildman–Crippen MR) is 79.5 cm³/mol. The quantitative estimate of drug-likeness (QED) is 0.782. The summed E-state index contributed by atoms with van der Waals surface area (Å²) in [6.07, 6.45) is 0.0896. The largest absolute Gasteiger partial charge is 0.388 e. The Bertz CT molecular complexity index is 705. The van der Waals surface area contributed by atoms with Gasteiger partial charge in [-0.05, 0) is 29.3 Å². The van der Waals surface area contributed by atoms with Gasteiger partial charge in [-0.2, -0.15) is 0 Å². The zero-order chi connectivity index (χ0) is 13.2. The third kappa shape index (κ3) is 2.67. The fraction of sp³-hybridized carbons (Fsp3) is 0.188. The van der Waals surface area contributed by atoms with Gasteiger partial charge in [-0.15, -0.1) is 11.3 Å². The van der Waals surface area contributed by atoms with Crippen LogP contribution in [0.4, 0.5) is 0 Å². The van der Waals surface area contributed by atoms with Crippen LogP contribution in [0.1, 0.15) is 22.4 Å². The van der Waals surface area contributed by atoms with E-state index in [4.69, 9.17) is 0 Å². The first-order valence-corrected chi connectivity index (χ1v) is 7.18. The first kappa shape index (κ1) is 12.3. The molecule has 96 valence electrons. The minimum Gasteiger partial charge on any atom is -0.388 e. The van der Waals surface area contributed by atoms with E-state index in [1.165, 1.54) is 5.39 Å². The van der Waals surface area contributed by atoms with Crippen LogP contribution in [0.25, 0.3) is 10.8 Å². The molecule has 1 atom stereocenters. The van der Waals surface area contributed by atoms with Crippen molar-refractivity contribution >= 4 is 22.1 Å². The van der Waals surface area contributed by atoms with Gasteiger partial charge in [0, 0.05) is 17.5 Å². The average Bonchev–Trinajstić information content (AvgIpc) is 2.83. The lowest BCUT2D eigenvalue weighted by Crippen LogP contribution is -2.01. The Morgan fingerprint density at radius 1 is 1.16 bits per heavy atom.